The van der Waals surface area contributed by atoms with E-state index in [1.165, 1.54) is 5.56 Å². The Morgan fingerprint density at radius 1 is 1.55 bits per heavy atom. The predicted molar refractivity (Wildman–Crippen MR) is 52.5 cm³/mol. The summed E-state index contributed by atoms with van der Waals surface area (Å²) in [5.41, 5.74) is 3.46. The van der Waals surface area contributed by atoms with Gasteiger partial charge in [-0.25, -0.2) is 0 Å². The van der Waals surface area contributed by atoms with E-state index in [0.717, 1.165) is 11.3 Å². The van der Waals surface area contributed by atoms with Gasteiger partial charge in [-0.05, 0) is 31.0 Å². The van der Waals surface area contributed by atoms with Crippen LogP contribution in [0, 0.1) is 13.8 Å². The molecule has 0 aliphatic heterocycles. The molecule has 2 nitrogen and oxygen atoms in total. The summed E-state index contributed by atoms with van der Waals surface area (Å²) in [7, 11) is 0. The van der Waals surface area contributed by atoms with E-state index in [4.69, 9.17) is 3.07 Å². The van der Waals surface area contributed by atoms with Gasteiger partial charge in [-0.1, -0.05) is 0 Å². The van der Waals surface area contributed by atoms with Crippen molar-refractivity contribution in [2.45, 2.75) is 20.5 Å². The second-order valence-electron chi connectivity index (χ2n) is 2.51. The molecule has 0 saturated heterocycles. The Balaban J connectivity index is 2.90. The van der Waals surface area contributed by atoms with Crippen LogP contribution in [0.3, 0.4) is 0 Å². The lowest BCUT2D eigenvalue weighted by atomic mass is 10.1. The zero-order valence-electron chi connectivity index (χ0n) is 6.60. The molecular weight excluding hydrogens is 253 g/mol. The van der Waals surface area contributed by atoms with E-state index in [1.54, 1.807) is 0 Å². The lowest BCUT2D eigenvalue weighted by molar-refractivity contribution is 0.416. The topological polar surface area (TPSA) is 22.1 Å². The minimum atomic E-state index is 0.639. The quantitative estimate of drug-likeness (QED) is 0.765. The molecule has 0 atom stereocenters. The molecule has 1 heterocycles. The number of aryl methyl sites for hydroxylation is 2. The van der Waals surface area contributed by atoms with E-state index >= 15 is 0 Å². The van der Waals surface area contributed by atoms with Crippen LogP contribution in [0.5, 0.6) is 0 Å². The van der Waals surface area contributed by atoms with Crippen LogP contribution < -0.4 is 0 Å². The van der Waals surface area contributed by atoms with Gasteiger partial charge in [0.15, 0.2) is 0 Å². The maximum Gasteiger partial charge on any atom is 0.110 e. The summed E-state index contributed by atoms with van der Waals surface area (Å²) in [6.07, 6.45) is 1.86. The second-order valence-corrected chi connectivity index (χ2v) is 3.13. The summed E-state index contributed by atoms with van der Waals surface area (Å²) in [6.45, 7) is 4.70. The van der Waals surface area contributed by atoms with Crippen LogP contribution in [-0.2, 0) is 9.67 Å². The number of hydrogen-bond acceptors (Lipinski definition) is 2. The summed E-state index contributed by atoms with van der Waals surface area (Å²) >= 11 is 1.89. The Morgan fingerprint density at radius 2 is 2.27 bits per heavy atom. The standard InChI is InChI=1S/C8H10INO/c1-6-3-7(2)10-4-8(6)5-11-9/h3-4H,5H2,1-2H3. The van der Waals surface area contributed by atoms with Crippen molar-refractivity contribution in [1.82, 2.24) is 4.98 Å². The molecule has 1 aromatic rings. The van der Waals surface area contributed by atoms with Crippen molar-refractivity contribution in [1.29, 1.82) is 0 Å². The first kappa shape index (κ1) is 8.93. The Morgan fingerprint density at radius 3 is 2.82 bits per heavy atom. The van der Waals surface area contributed by atoms with Crippen LogP contribution >= 0.6 is 23.0 Å². The monoisotopic (exact) mass is 263 g/mol. The molecule has 0 aliphatic rings. The normalized spacial score (nSPS) is 10.1. The van der Waals surface area contributed by atoms with Gasteiger partial charge >= 0.3 is 0 Å². The van der Waals surface area contributed by atoms with E-state index in [-0.39, 0.29) is 0 Å². The Labute approximate surface area is 80.7 Å². The van der Waals surface area contributed by atoms with Crippen LogP contribution in [0.15, 0.2) is 12.3 Å². The lowest BCUT2D eigenvalue weighted by Gasteiger charge is -2.02. The summed E-state index contributed by atoms with van der Waals surface area (Å²) in [5.74, 6) is 0. The van der Waals surface area contributed by atoms with Gasteiger partial charge in [-0.3, -0.25) is 4.98 Å². The highest BCUT2D eigenvalue weighted by atomic mass is 127. The fraction of sp³-hybridized carbons (Fsp3) is 0.375. The minimum Gasteiger partial charge on any atom is -0.311 e. The molecule has 0 unspecified atom stereocenters. The van der Waals surface area contributed by atoms with Crippen molar-refractivity contribution in [2.24, 2.45) is 0 Å². The number of aromatic nitrogens is 1. The van der Waals surface area contributed by atoms with Crippen molar-refractivity contribution >= 4 is 23.0 Å². The lowest BCUT2D eigenvalue weighted by Crippen LogP contribution is -1.92. The molecule has 0 fully saturated rings. The highest BCUT2D eigenvalue weighted by molar-refractivity contribution is 14.1. The summed E-state index contributed by atoms with van der Waals surface area (Å²) in [6, 6.07) is 2.06. The number of rotatable bonds is 2. The largest absolute Gasteiger partial charge is 0.311 e. The van der Waals surface area contributed by atoms with E-state index in [0.29, 0.717) is 6.61 Å². The average Bonchev–Trinajstić information content (AvgIpc) is 1.95. The third-order valence-corrected chi connectivity index (χ3v) is 1.88. The van der Waals surface area contributed by atoms with Gasteiger partial charge in [0.2, 0.25) is 0 Å². The van der Waals surface area contributed by atoms with Crippen LogP contribution in [-0.4, -0.2) is 4.98 Å². The van der Waals surface area contributed by atoms with Gasteiger partial charge < -0.3 is 3.07 Å². The molecular formula is C8H10INO. The van der Waals surface area contributed by atoms with Gasteiger partial charge in [-0.15, -0.1) is 0 Å². The SMILES string of the molecule is Cc1cc(C)c(COI)cn1. The number of halogens is 1. The van der Waals surface area contributed by atoms with Crippen molar-refractivity contribution < 1.29 is 3.07 Å². The molecule has 1 rings (SSSR count). The molecule has 0 aromatic carbocycles. The number of hydrogen-bond donors (Lipinski definition) is 0. The molecule has 0 saturated carbocycles. The van der Waals surface area contributed by atoms with Crippen molar-refractivity contribution in [3.8, 4) is 0 Å². The van der Waals surface area contributed by atoms with Crippen LogP contribution in [0.1, 0.15) is 16.8 Å². The van der Waals surface area contributed by atoms with Crippen molar-refractivity contribution in [3.05, 3.63) is 29.1 Å². The molecule has 3 heteroatoms. The van der Waals surface area contributed by atoms with Gasteiger partial charge in [0, 0.05) is 11.9 Å². The zero-order chi connectivity index (χ0) is 8.27. The zero-order valence-corrected chi connectivity index (χ0v) is 8.75. The molecule has 0 radical (unpaired) electrons. The fourth-order valence-electron chi connectivity index (χ4n) is 0.935. The maximum atomic E-state index is 4.98. The highest BCUT2D eigenvalue weighted by Gasteiger charge is 1.97. The van der Waals surface area contributed by atoms with Gasteiger partial charge in [-0.2, -0.15) is 0 Å². The predicted octanol–water partition coefficient (Wildman–Crippen LogP) is 2.57. The highest BCUT2D eigenvalue weighted by Crippen LogP contribution is 2.09. The molecule has 1 aromatic heterocycles. The second kappa shape index (κ2) is 4.01. The molecule has 0 N–H and O–H groups in total. The Kier molecular flexibility index (Phi) is 3.26. The Hall–Kier alpha value is -0.160. The van der Waals surface area contributed by atoms with E-state index in [9.17, 15) is 0 Å². The Bertz CT molecular complexity index is 250. The molecule has 11 heavy (non-hydrogen) atoms. The maximum absolute atomic E-state index is 4.98. The van der Waals surface area contributed by atoms with Gasteiger partial charge in [0.25, 0.3) is 0 Å². The van der Waals surface area contributed by atoms with E-state index in [1.807, 2.05) is 36.1 Å². The molecule has 0 spiro atoms. The smallest absolute Gasteiger partial charge is 0.110 e. The number of pyridine rings is 1. The summed E-state index contributed by atoms with van der Waals surface area (Å²) < 4.78 is 4.98. The third-order valence-electron chi connectivity index (χ3n) is 1.57. The first-order valence-electron chi connectivity index (χ1n) is 3.39. The third kappa shape index (κ3) is 2.41. The first-order chi connectivity index (χ1) is 5.24. The first-order valence-corrected chi connectivity index (χ1v) is 4.28. The molecule has 60 valence electrons. The van der Waals surface area contributed by atoms with Crippen LogP contribution in [0.4, 0.5) is 0 Å². The molecule has 0 bridgehead atoms. The summed E-state index contributed by atoms with van der Waals surface area (Å²) in [4.78, 5) is 4.18. The van der Waals surface area contributed by atoms with Gasteiger partial charge in [0.05, 0.1) is 6.61 Å². The van der Waals surface area contributed by atoms with E-state index in [2.05, 4.69) is 18.0 Å². The van der Waals surface area contributed by atoms with Crippen molar-refractivity contribution in [3.63, 3.8) is 0 Å². The fourth-order valence-corrected chi connectivity index (χ4v) is 1.27. The summed E-state index contributed by atoms with van der Waals surface area (Å²) in [5, 5.41) is 0. The van der Waals surface area contributed by atoms with Crippen LogP contribution in [0.2, 0.25) is 0 Å². The number of nitrogens with zero attached hydrogens (tertiary/aromatic N) is 1. The average molecular weight is 263 g/mol. The van der Waals surface area contributed by atoms with E-state index < -0.39 is 0 Å². The van der Waals surface area contributed by atoms with Gasteiger partial charge in [0.1, 0.15) is 23.0 Å². The van der Waals surface area contributed by atoms with Crippen molar-refractivity contribution in [2.75, 3.05) is 0 Å². The minimum absolute atomic E-state index is 0.639. The van der Waals surface area contributed by atoms with Crippen LogP contribution in [0.25, 0.3) is 0 Å². The molecule has 0 aliphatic carbocycles. The molecule has 0 amide bonds.